The Morgan fingerprint density at radius 1 is 1.22 bits per heavy atom. The van der Waals surface area contributed by atoms with Crippen LogP contribution in [0.1, 0.15) is 11.3 Å². The highest BCUT2D eigenvalue weighted by atomic mass is 35.5. The van der Waals surface area contributed by atoms with Crippen molar-refractivity contribution in [3.63, 3.8) is 0 Å². The van der Waals surface area contributed by atoms with Gasteiger partial charge in [0.2, 0.25) is 0 Å². The predicted octanol–water partition coefficient (Wildman–Crippen LogP) is 3.94. The Bertz CT molecular complexity index is 1090. The highest BCUT2D eigenvalue weighted by Crippen LogP contribution is 2.21. The predicted molar refractivity (Wildman–Crippen MR) is 106 cm³/mol. The Morgan fingerprint density at radius 2 is 2.15 bits per heavy atom. The Balaban J connectivity index is 1.38. The molecule has 136 valence electrons. The first kappa shape index (κ1) is 17.4. The number of aromatic nitrogens is 4. The van der Waals surface area contributed by atoms with E-state index in [4.69, 9.17) is 11.6 Å². The molecule has 2 aromatic carbocycles. The Hall–Kier alpha value is -2.97. The number of nitrogens with one attached hydrogen (secondary N) is 2. The number of rotatable bonds is 5. The molecule has 0 unspecified atom stereocenters. The molecule has 0 saturated carbocycles. The zero-order valence-electron chi connectivity index (χ0n) is 14.1. The van der Waals surface area contributed by atoms with E-state index < -0.39 is 0 Å². The third-order valence-corrected chi connectivity index (χ3v) is 4.99. The average Bonchev–Trinajstić information content (AvgIpc) is 3.35. The van der Waals surface area contributed by atoms with E-state index in [1.165, 1.54) is 0 Å². The van der Waals surface area contributed by atoms with Crippen molar-refractivity contribution in [1.29, 1.82) is 0 Å². The lowest BCUT2D eigenvalue weighted by Gasteiger charge is -2.07. The van der Waals surface area contributed by atoms with Crippen LogP contribution in [0.3, 0.4) is 0 Å². The second-order valence-electron chi connectivity index (χ2n) is 5.80. The van der Waals surface area contributed by atoms with Gasteiger partial charge in [0, 0.05) is 11.6 Å². The van der Waals surface area contributed by atoms with Gasteiger partial charge in [-0.15, -0.1) is 28.0 Å². The van der Waals surface area contributed by atoms with Crippen molar-refractivity contribution in [2.24, 2.45) is 0 Å². The number of hydrogen-bond donors (Lipinski definition) is 2. The number of halogens is 1. The number of carbonyl (C=O) groups is 1. The number of hydrogen-bond acceptors (Lipinski definition) is 5. The summed E-state index contributed by atoms with van der Waals surface area (Å²) in [6.07, 6.45) is 1.79. The maximum atomic E-state index is 12.1. The van der Waals surface area contributed by atoms with Crippen molar-refractivity contribution in [1.82, 2.24) is 25.3 Å². The molecule has 27 heavy (non-hydrogen) atoms. The standard InChI is InChI=1S/C18H15ClN6OS/c19-8-12-2-1-3-13(6-12)22-18(26)20-9-14-10-25(24-23-14)15-4-5-16-17(7-15)27-11-21-16/h1-7,10-11H,8-9H2,(H2,20,22,26). The number of thiazole rings is 1. The van der Waals surface area contributed by atoms with Gasteiger partial charge in [0.25, 0.3) is 0 Å². The molecule has 9 heteroatoms. The zero-order chi connectivity index (χ0) is 18.6. The smallest absolute Gasteiger partial charge is 0.319 e. The average molecular weight is 399 g/mol. The third kappa shape index (κ3) is 4.07. The summed E-state index contributed by atoms with van der Waals surface area (Å²) in [6.45, 7) is 0.268. The summed E-state index contributed by atoms with van der Waals surface area (Å²) in [7, 11) is 0. The quantitative estimate of drug-likeness (QED) is 0.499. The van der Waals surface area contributed by atoms with Gasteiger partial charge in [0.1, 0.15) is 5.69 Å². The van der Waals surface area contributed by atoms with Crippen molar-refractivity contribution in [2.75, 3.05) is 5.32 Å². The Kier molecular flexibility index (Phi) is 4.99. The molecule has 2 heterocycles. The molecular weight excluding hydrogens is 384 g/mol. The van der Waals surface area contributed by atoms with Crippen LogP contribution in [0.2, 0.25) is 0 Å². The lowest BCUT2D eigenvalue weighted by atomic mass is 10.2. The number of fused-ring (bicyclic) bond motifs is 1. The second-order valence-corrected chi connectivity index (χ2v) is 6.95. The molecule has 0 radical (unpaired) electrons. The largest absolute Gasteiger partial charge is 0.332 e. The monoisotopic (exact) mass is 398 g/mol. The molecule has 0 aliphatic rings. The van der Waals surface area contributed by atoms with Crippen LogP contribution in [0.5, 0.6) is 0 Å². The molecule has 2 amide bonds. The first-order chi connectivity index (χ1) is 13.2. The highest BCUT2D eigenvalue weighted by molar-refractivity contribution is 7.16. The molecule has 4 aromatic rings. The van der Waals surface area contributed by atoms with Crippen LogP contribution in [-0.2, 0) is 12.4 Å². The van der Waals surface area contributed by atoms with Gasteiger partial charge in [-0.2, -0.15) is 0 Å². The van der Waals surface area contributed by atoms with Crippen LogP contribution in [-0.4, -0.2) is 26.0 Å². The lowest BCUT2D eigenvalue weighted by Crippen LogP contribution is -2.28. The Morgan fingerprint density at radius 3 is 3.04 bits per heavy atom. The number of amides is 2. The van der Waals surface area contributed by atoms with Crippen LogP contribution in [0.15, 0.2) is 54.2 Å². The van der Waals surface area contributed by atoms with Crippen molar-refractivity contribution in [2.45, 2.75) is 12.4 Å². The van der Waals surface area contributed by atoms with E-state index in [2.05, 4.69) is 25.9 Å². The molecule has 4 rings (SSSR count). The van der Waals surface area contributed by atoms with E-state index in [-0.39, 0.29) is 12.6 Å². The van der Waals surface area contributed by atoms with Gasteiger partial charge < -0.3 is 10.6 Å². The second kappa shape index (κ2) is 7.73. The van der Waals surface area contributed by atoms with E-state index in [0.29, 0.717) is 17.3 Å². The summed E-state index contributed by atoms with van der Waals surface area (Å²) in [6, 6.07) is 13.0. The van der Waals surface area contributed by atoms with Gasteiger partial charge in [-0.05, 0) is 35.9 Å². The topological polar surface area (TPSA) is 84.7 Å². The minimum atomic E-state index is -0.317. The van der Waals surface area contributed by atoms with Gasteiger partial charge in [0.05, 0.1) is 34.2 Å². The molecule has 2 N–H and O–H groups in total. The molecule has 0 saturated heterocycles. The maximum absolute atomic E-state index is 12.1. The first-order valence-electron chi connectivity index (χ1n) is 8.16. The summed E-state index contributed by atoms with van der Waals surface area (Å²) in [5, 5.41) is 13.8. The number of urea groups is 1. The Labute approximate surface area is 164 Å². The summed E-state index contributed by atoms with van der Waals surface area (Å²) in [5.41, 5.74) is 5.95. The molecule has 0 fully saturated rings. The van der Waals surface area contributed by atoms with Gasteiger partial charge >= 0.3 is 6.03 Å². The molecule has 0 atom stereocenters. The van der Waals surface area contributed by atoms with Gasteiger partial charge in [-0.3, -0.25) is 0 Å². The summed E-state index contributed by atoms with van der Waals surface area (Å²) >= 11 is 7.38. The molecule has 2 aromatic heterocycles. The summed E-state index contributed by atoms with van der Waals surface area (Å²) < 4.78 is 2.76. The lowest BCUT2D eigenvalue weighted by molar-refractivity contribution is 0.251. The van der Waals surface area contributed by atoms with Gasteiger partial charge in [0.15, 0.2) is 0 Å². The first-order valence-corrected chi connectivity index (χ1v) is 9.57. The molecule has 0 bridgehead atoms. The fourth-order valence-electron chi connectivity index (χ4n) is 2.57. The van der Waals surface area contributed by atoms with Crippen molar-refractivity contribution in [3.05, 3.63) is 65.4 Å². The zero-order valence-corrected chi connectivity index (χ0v) is 15.7. The number of nitrogens with zero attached hydrogens (tertiary/aromatic N) is 4. The van der Waals surface area contributed by atoms with E-state index >= 15 is 0 Å². The van der Waals surface area contributed by atoms with Gasteiger partial charge in [-0.1, -0.05) is 17.3 Å². The number of anilines is 1. The van der Waals surface area contributed by atoms with Crippen molar-refractivity contribution in [3.8, 4) is 5.69 Å². The number of benzene rings is 2. The fourth-order valence-corrected chi connectivity index (χ4v) is 3.45. The van der Waals surface area contributed by atoms with E-state index in [1.54, 1.807) is 22.2 Å². The van der Waals surface area contributed by atoms with Crippen LogP contribution in [0.25, 0.3) is 15.9 Å². The van der Waals surface area contributed by atoms with Crippen LogP contribution in [0, 0.1) is 0 Å². The minimum Gasteiger partial charge on any atom is -0.332 e. The molecule has 0 aliphatic carbocycles. The van der Waals surface area contributed by atoms with Gasteiger partial charge in [-0.25, -0.2) is 14.5 Å². The van der Waals surface area contributed by atoms with Crippen LogP contribution in [0.4, 0.5) is 10.5 Å². The van der Waals surface area contributed by atoms with Crippen LogP contribution < -0.4 is 10.6 Å². The molecule has 0 aliphatic heterocycles. The summed E-state index contributed by atoms with van der Waals surface area (Å²) in [4.78, 5) is 16.3. The minimum absolute atomic E-state index is 0.268. The highest BCUT2D eigenvalue weighted by Gasteiger charge is 2.07. The summed E-state index contributed by atoms with van der Waals surface area (Å²) in [5.74, 6) is 0.396. The van der Waals surface area contributed by atoms with E-state index in [0.717, 1.165) is 21.5 Å². The normalized spacial score (nSPS) is 10.9. The molecular formula is C18H15ClN6OS. The fraction of sp³-hybridized carbons (Fsp3) is 0.111. The van der Waals surface area contributed by atoms with E-state index in [9.17, 15) is 4.79 Å². The third-order valence-electron chi connectivity index (χ3n) is 3.89. The SMILES string of the molecule is O=C(NCc1cn(-c2ccc3ncsc3c2)nn1)Nc1cccc(CCl)c1. The van der Waals surface area contributed by atoms with Crippen molar-refractivity contribution >= 4 is 44.9 Å². The van der Waals surface area contributed by atoms with E-state index in [1.807, 2.05) is 48.0 Å². The van der Waals surface area contributed by atoms with Crippen LogP contribution >= 0.6 is 22.9 Å². The molecule has 0 spiro atoms. The number of alkyl halides is 1. The van der Waals surface area contributed by atoms with Crippen molar-refractivity contribution < 1.29 is 4.79 Å². The maximum Gasteiger partial charge on any atom is 0.319 e. The number of carbonyl (C=O) groups excluding carboxylic acids is 1. The molecule has 7 nitrogen and oxygen atoms in total.